The van der Waals surface area contributed by atoms with Gasteiger partial charge in [-0.05, 0) is 19.1 Å². The number of aryl methyl sites for hydroxylation is 1. The Labute approximate surface area is 88.2 Å². The van der Waals surface area contributed by atoms with Crippen LogP contribution < -0.4 is 5.32 Å². The van der Waals surface area contributed by atoms with E-state index in [1.54, 1.807) is 12.5 Å². The second-order valence-corrected chi connectivity index (χ2v) is 3.38. The summed E-state index contributed by atoms with van der Waals surface area (Å²) in [5, 5.41) is 11.1. The fraction of sp³-hybridized carbons (Fsp3) is 0.300. The van der Waals surface area contributed by atoms with Crippen molar-refractivity contribution in [3.8, 4) is 0 Å². The highest BCUT2D eigenvalue weighted by Crippen LogP contribution is 2.13. The van der Waals surface area contributed by atoms with Gasteiger partial charge in [-0.3, -0.25) is 0 Å². The zero-order valence-electron chi connectivity index (χ0n) is 8.75. The lowest BCUT2D eigenvalue weighted by atomic mass is 10.3. The monoisotopic (exact) mass is 203 g/mol. The number of rotatable bonds is 3. The minimum atomic E-state index is 0.0902. The molecule has 2 aromatic rings. The van der Waals surface area contributed by atoms with E-state index in [4.69, 9.17) is 0 Å². The van der Waals surface area contributed by atoms with Gasteiger partial charge in [0.05, 0.1) is 6.04 Å². The predicted molar refractivity (Wildman–Crippen MR) is 57.3 cm³/mol. The molecule has 0 aliphatic rings. The Kier molecular flexibility index (Phi) is 2.62. The molecule has 0 amide bonds. The third kappa shape index (κ3) is 2.12. The maximum absolute atomic E-state index is 4.19. The van der Waals surface area contributed by atoms with Crippen LogP contribution >= 0.6 is 0 Å². The number of pyridine rings is 1. The van der Waals surface area contributed by atoms with Crippen LogP contribution in [0.5, 0.6) is 0 Å². The second-order valence-electron chi connectivity index (χ2n) is 3.38. The average Bonchev–Trinajstić information content (AvgIpc) is 2.66. The van der Waals surface area contributed by atoms with Crippen LogP contribution in [0.15, 0.2) is 30.7 Å². The molecule has 5 heteroatoms. The van der Waals surface area contributed by atoms with Gasteiger partial charge in [0, 0.05) is 13.2 Å². The molecule has 0 saturated heterocycles. The van der Waals surface area contributed by atoms with Crippen LogP contribution in [-0.4, -0.2) is 19.7 Å². The van der Waals surface area contributed by atoms with Crippen LogP contribution in [0.25, 0.3) is 0 Å². The highest BCUT2D eigenvalue weighted by molar-refractivity contribution is 5.35. The summed E-state index contributed by atoms with van der Waals surface area (Å²) in [6, 6.07) is 5.84. The van der Waals surface area contributed by atoms with Crippen molar-refractivity contribution in [2.45, 2.75) is 13.0 Å². The van der Waals surface area contributed by atoms with E-state index in [1.807, 2.05) is 36.7 Å². The van der Waals surface area contributed by atoms with E-state index < -0.39 is 0 Å². The highest BCUT2D eigenvalue weighted by atomic mass is 15.3. The molecular formula is C10H13N5. The van der Waals surface area contributed by atoms with E-state index in [0.717, 1.165) is 11.6 Å². The maximum Gasteiger partial charge on any atom is 0.154 e. The topological polar surface area (TPSA) is 55.6 Å². The molecule has 2 heterocycles. The summed E-state index contributed by atoms with van der Waals surface area (Å²) >= 11 is 0. The van der Waals surface area contributed by atoms with Gasteiger partial charge in [-0.2, -0.15) is 0 Å². The number of nitrogens with zero attached hydrogens (tertiary/aromatic N) is 4. The molecule has 0 bridgehead atoms. The van der Waals surface area contributed by atoms with Gasteiger partial charge in [0.15, 0.2) is 5.82 Å². The van der Waals surface area contributed by atoms with Crippen molar-refractivity contribution in [3.05, 3.63) is 36.5 Å². The Morgan fingerprint density at radius 2 is 2.27 bits per heavy atom. The lowest BCUT2D eigenvalue weighted by molar-refractivity contribution is 0.716. The summed E-state index contributed by atoms with van der Waals surface area (Å²) < 4.78 is 1.89. The fourth-order valence-electron chi connectivity index (χ4n) is 1.42. The van der Waals surface area contributed by atoms with Gasteiger partial charge >= 0.3 is 0 Å². The molecule has 1 N–H and O–H groups in total. The molecule has 1 atom stereocenters. The lowest BCUT2D eigenvalue weighted by Crippen LogP contribution is -2.12. The average molecular weight is 203 g/mol. The zero-order valence-corrected chi connectivity index (χ0v) is 8.75. The Hall–Kier alpha value is -1.91. The van der Waals surface area contributed by atoms with Crippen molar-refractivity contribution in [3.63, 3.8) is 0 Å². The van der Waals surface area contributed by atoms with Crippen LogP contribution in [0, 0.1) is 0 Å². The van der Waals surface area contributed by atoms with E-state index in [-0.39, 0.29) is 6.04 Å². The number of hydrogen-bond acceptors (Lipinski definition) is 4. The first-order valence-corrected chi connectivity index (χ1v) is 4.79. The van der Waals surface area contributed by atoms with Crippen LogP contribution in [0.1, 0.15) is 18.8 Å². The molecule has 2 rings (SSSR count). The molecule has 0 radical (unpaired) electrons. The lowest BCUT2D eigenvalue weighted by Gasteiger charge is -2.12. The van der Waals surface area contributed by atoms with Gasteiger partial charge < -0.3 is 9.88 Å². The van der Waals surface area contributed by atoms with Crippen LogP contribution in [0.4, 0.5) is 5.82 Å². The van der Waals surface area contributed by atoms with E-state index in [9.17, 15) is 0 Å². The molecule has 0 aliphatic carbocycles. The summed E-state index contributed by atoms with van der Waals surface area (Å²) in [6.45, 7) is 2.03. The van der Waals surface area contributed by atoms with Crippen LogP contribution in [0.3, 0.4) is 0 Å². The van der Waals surface area contributed by atoms with Crippen molar-refractivity contribution >= 4 is 5.82 Å². The molecule has 2 aromatic heterocycles. The van der Waals surface area contributed by atoms with Gasteiger partial charge in [-0.25, -0.2) is 4.98 Å². The molecule has 5 nitrogen and oxygen atoms in total. The van der Waals surface area contributed by atoms with E-state index in [2.05, 4.69) is 20.5 Å². The molecule has 78 valence electrons. The van der Waals surface area contributed by atoms with E-state index >= 15 is 0 Å². The van der Waals surface area contributed by atoms with E-state index in [0.29, 0.717) is 0 Å². The molecular weight excluding hydrogens is 190 g/mol. The summed E-state index contributed by atoms with van der Waals surface area (Å²) in [7, 11) is 1.92. The number of aromatic nitrogens is 4. The minimum absolute atomic E-state index is 0.0902. The fourth-order valence-corrected chi connectivity index (χ4v) is 1.42. The Morgan fingerprint density at radius 3 is 2.87 bits per heavy atom. The quantitative estimate of drug-likeness (QED) is 0.818. The first kappa shape index (κ1) is 9.64. The normalized spacial score (nSPS) is 12.4. The van der Waals surface area contributed by atoms with Gasteiger partial charge in [0.25, 0.3) is 0 Å². The Morgan fingerprint density at radius 1 is 1.40 bits per heavy atom. The SMILES string of the molecule is CC(Nc1ccccn1)c1nncn1C. The van der Waals surface area contributed by atoms with Crippen LogP contribution in [-0.2, 0) is 7.05 Å². The van der Waals surface area contributed by atoms with Crippen molar-refractivity contribution in [1.29, 1.82) is 0 Å². The summed E-state index contributed by atoms with van der Waals surface area (Å²) in [6.07, 6.45) is 3.44. The standard InChI is InChI=1S/C10H13N5/c1-8(10-14-12-7-15(10)2)13-9-5-3-4-6-11-9/h3-8H,1-2H3,(H,11,13). The largest absolute Gasteiger partial charge is 0.360 e. The van der Waals surface area contributed by atoms with Crippen molar-refractivity contribution < 1.29 is 0 Å². The number of hydrogen-bond donors (Lipinski definition) is 1. The van der Waals surface area contributed by atoms with Crippen molar-refractivity contribution in [2.24, 2.45) is 7.05 Å². The third-order valence-electron chi connectivity index (χ3n) is 2.16. The molecule has 0 saturated carbocycles. The van der Waals surface area contributed by atoms with Gasteiger partial charge in [0.2, 0.25) is 0 Å². The zero-order chi connectivity index (χ0) is 10.7. The first-order valence-electron chi connectivity index (χ1n) is 4.79. The first-order chi connectivity index (χ1) is 7.27. The highest BCUT2D eigenvalue weighted by Gasteiger charge is 2.10. The molecule has 0 spiro atoms. The number of anilines is 1. The number of nitrogens with one attached hydrogen (secondary N) is 1. The summed E-state index contributed by atoms with van der Waals surface area (Å²) in [5.41, 5.74) is 0. The summed E-state index contributed by atoms with van der Waals surface area (Å²) in [5.74, 6) is 1.73. The van der Waals surface area contributed by atoms with Gasteiger partial charge in [0.1, 0.15) is 12.1 Å². The molecule has 0 aromatic carbocycles. The second kappa shape index (κ2) is 4.08. The van der Waals surface area contributed by atoms with Crippen molar-refractivity contribution in [2.75, 3.05) is 5.32 Å². The van der Waals surface area contributed by atoms with Crippen molar-refractivity contribution in [1.82, 2.24) is 19.7 Å². The van der Waals surface area contributed by atoms with Crippen LogP contribution in [0.2, 0.25) is 0 Å². The Bertz CT molecular complexity index is 422. The maximum atomic E-state index is 4.19. The Balaban J connectivity index is 2.11. The van der Waals surface area contributed by atoms with E-state index in [1.165, 1.54) is 0 Å². The third-order valence-corrected chi connectivity index (χ3v) is 2.16. The smallest absolute Gasteiger partial charge is 0.154 e. The molecule has 1 unspecified atom stereocenters. The van der Waals surface area contributed by atoms with Gasteiger partial charge in [-0.15, -0.1) is 10.2 Å². The summed E-state index contributed by atoms with van der Waals surface area (Å²) in [4.78, 5) is 4.19. The molecule has 15 heavy (non-hydrogen) atoms. The molecule has 0 fully saturated rings. The minimum Gasteiger partial charge on any atom is -0.360 e. The molecule has 0 aliphatic heterocycles. The predicted octanol–water partition coefficient (Wildman–Crippen LogP) is 1.38. The van der Waals surface area contributed by atoms with Gasteiger partial charge in [-0.1, -0.05) is 6.07 Å².